The second-order valence-electron chi connectivity index (χ2n) is 4.98. The van der Waals surface area contributed by atoms with Crippen LogP contribution in [0.1, 0.15) is 27.6 Å². The van der Waals surface area contributed by atoms with E-state index in [1.54, 1.807) is 31.2 Å². The van der Waals surface area contributed by atoms with Gasteiger partial charge < -0.3 is 10.1 Å². The zero-order valence-electron chi connectivity index (χ0n) is 12.8. The van der Waals surface area contributed by atoms with Gasteiger partial charge in [0, 0.05) is 20.1 Å². The van der Waals surface area contributed by atoms with Crippen molar-refractivity contribution in [3.8, 4) is 0 Å². The van der Waals surface area contributed by atoms with Crippen molar-refractivity contribution in [1.82, 2.24) is 0 Å². The van der Waals surface area contributed by atoms with Crippen LogP contribution in [0.25, 0.3) is 10.1 Å². The smallest absolute Gasteiger partial charge is 0.341 e. The Balaban J connectivity index is 1.99. The van der Waals surface area contributed by atoms with Crippen molar-refractivity contribution >= 4 is 54.2 Å². The highest BCUT2D eigenvalue weighted by Gasteiger charge is 2.21. The summed E-state index contributed by atoms with van der Waals surface area (Å²) in [5.74, 6) is -0.694. The summed E-state index contributed by atoms with van der Waals surface area (Å²) in [5, 5.41) is 4.13. The third kappa shape index (κ3) is 3.34. The van der Waals surface area contributed by atoms with Crippen LogP contribution in [-0.4, -0.2) is 18.5 Å². The van der Waals surface area contributed by atoms with Crippen molar-refractivity contribution in [3.63, 3.8) is 0 Å². The largest absolute Gasteiger partial charge is 0.462 e. The van der Waals surface area contributed by atoms with Crippen LogP contribution in [0.5, 0.6) is 0 Å². The maximum atomic E-state index is 12.5. The number of amides is 1. The number of halogens is 1. The molecule has 0 radical (unpaired) electrons. The van der Waals surface area contributed by atoms with Crippen molar-refractivity contribution in [2.75, 3.05) is 11.9 Å². The Morgan fingerprint density at radius 2 is 1.83 bits per heavy atom. The molecular formula is C18H14BrNO3S. The lowest BCUT2D eigenvalue weighted by Crippen LogP contribution is -2.14. The third-order valence-electron chi connectivity index (χ3n) is 3.41. The molecule has 0 spiro atoms. The molecule has 1 heterocycles. The maximum Gasteiger partial charge on any atom is 0.341 e. The Bertz CT molecular complexity index is 902. The normalized spacial score (nSPS) is 10.6. The topological polar surface area (TPSA) is 55.4 Å². The number of benzene rings is 2. The van der Waals surface area contributed by atoms with Crippen molar-refractivity contribution in [2.24, 2.45) is 0 Å². The molecule has 2 aromatic carbocycles. The minimum atomic E-state index is -0.430. The summed E-state index contributed by atoms with van der Waals surface area (Å²) in [6, 6.07) is 14.6. The lowest BCUT2D eigenvalue weighted by atomic mass is 10.1. The van der Waals surface area contributed by atoms with E-state index in [1.165, 1.54) is 11.3 Å². The highest BCUT2D eigenvalue weighted by molar-refractivity contribution is 9.10. The number of anilines is 1. The minimum Gasteiger partial charge on any atom is -0.462 e. The van der Waals surface area contributed by atoms with Gasteiger partial charge in [-0.05, 0) is 37.3 Å². The van der Waals surface area contributed by atoms with Crippen molar-refractivity contribution in [1.29, 1.82) is 0 Å². The SMILES string of the molecule is CCOC(=O)c1c(NC(=O)c2ccc(Br)cc2)sc2ccccc12. The van der Waals surface area contributed by atoms with Gasteiger partial charge in [0.15, 0.2) is 0 Å². The molecule has 0 aliphatic rings. The molecule has 0 aliphatic carbocycles. The van der Waals surface area contributed by atoms with E-state index in [1.807, 2.05) is 24.3 Å². The van der Waals surface area contributed by atoms with E-state index in [0.29, 0.717) is 16.1 Å². The number of carbonyl (C=O) groups is 2. The van der Waals surface area contributed by atoms with Crippen LogP contribution in [-0.2, 0) is 4.74 Å². The van der Waals surface area contributed by atoms with Crippen molar-refractivity contribution in [2.45, 2.75) is 6.92 Å². The Morgan fingerprint density at radius 1 is 1.12 bits per heavy atom. The maximum absolute atomic E-state index is 12.5. The summed E-state index contributed by atoms with van der Waals surface area (Å²) in [6.07, 6.45) is 0. The first kappa shape index (κ1) is 16.7. The molecule has 3 aromatic rings. The second-order valence-corrected chi connectivity index (χ2v) is 6.95. The van der Waals surface area contributed by atoms with Crippen LogP contribution in [0.4, 0.5) is 5.00 Å². The first-order chi connectivity index (χ1) is 11.6. The van der Waals surface area contributed by atoms with Gasteiger partial charge in [0.1, 0.15) is 10.6 Å². The van der Waals surface area contributed by atoms with Gasteiger partial charge in [-0.15, -0.1) is 11.3 Å². The highest BCUT2D eigenvalue weighted by atomic mass is 79.9. The van der Waals surface area contributed by atoms with Gasteiger partial charge in [0.2, 0.25) is 0 Å². The molecule has 0 unspecified atom stereocenters. The van der Waals surface area contributed by atoms with E-state index in [9.17, 15) is 9.59 Å². The average molecular weight is 404 g/mol. The van der Waals surface area contributed by atoms with E-state index in [0.717, 1.165) is 14.6 Å². The molecule has 0 fully saturated rings. The van der Waals surface area contributed by atoms with Crippen LogP contribution < -0.4 is 5.32 Å². The highest BCUT2D eigenvalue weighted by Crippen LogP contribution is 2.36. The molecule has 6 heteroatoms. The Kier molecular flexibility index (Phi) is 4.97. The van der Waals surface area contributed by atoms with E-state index < -0.39 is 5.97 Å². The Labute approximate surface area is 151 Å². The molecule has 1 aromatic heterocycles. The van der Waals surface area contributed by atoms with Gasteiger partial charge in [-0.1, -0.05) is 34.1 Å². The number of fused-ring (bicyclic) bond motifs is 1. The molecule has 0 saturated heterocycles. The number of hydrogen-bond donors (Lipinski definition) is 1. The molecule has 0 atom stereocenters. The fourth-order valence-electron chi connectivity index (χ4n) is 2.32. The number of ether oxygens (including phenoxy) is 1. The number of hydrogen-bond acceptors (Lipinski definition) is 4. The lowest BCUT2D eigenvalue weighted by molar-refractivity contribution is 0.0530. The molecule has 0 saturated carbocycles. The fourth-order valence-corrected chi connectivity index (χ4v) is 3.67. The summed E-state index contributed by atoms with van der Waals surface area (Å²) >= 11 is 4.70. The lowest BCUT2D eigenvalue weighted by Gasteiger charge is -2.07. The Morgan fingerprint density at radius 3 is 2.54 bits per heavy atom. The molecule has 1 amide bonds. The second kappa shape index (κ2) is 7.15. The molecule has 24 heavy (non-hydrogen) atoms. The Hall–Kier alpha value is -2.18. The van der Waals surface area contributed by atoms with Crippen molar-refractivity contribution < 1.29 is 14.3 Å². The van der Waals surface area contributed by atoms with Gasteiger partial charge in [-0.2, -0.15) is 0 Å². The monoisotopic (exact) mass is 403 g/mol. The molecule has 1 N–H and O–H groups in total. The quantitative estimate of drug-likeness (QED) is 0.616. The first-order valence-corrected chi connectivity index (χ1v) is 8.96. The molecule has 4 nitrogen and oxygen atoms in total. The first-order valence-electron chi connectivity index (χ1n) is 7.35. The number of rotatable bonds is 4. The number of carbonyl (C=O) groups excluding carboxylic acids is 2. The fraction of sp³-hybridized carbons (Fsp3) is 0.111. The molecule has 122 valence electrons. The number of thiophene rings is 1. The van der Waals surface area contributed by atoms with E-state index in [4.69, 9.17) is 4.74 Å². The van der Waals surface area contributed by atoms with E-state index >= 15 is 0 Å². The summed E-state index contributed by atoms with van der Waals surface area (Å²) in [5.41, 5.74) is 0.924. The number of esters is 1. The van der Waals surface area contributed by atoms with Crippen LogP contribution in [0.2, 0.25) is 0 Å². The van der Waals surface area contributed by atoms with Gasteiger partial charge in [-0.25, -0.2) is 4.79 Å². The number of nitrogens with one attached hydrogen (secondary N) is 1. The van der Waals surface area contributed by atoms with E-state index in [-0.39, 0.29) is 12.5 Å². The van der Waals surface area contributed by atoms with Crippen molar-refractivity contribution in [3.05, 3.63) is 64.1 Å². The average Bonchev–Trinajstić information content (AvgIpc) is 2.93. The zero-order chi connectivity index (χ0) is 17.1. The zero-order valence-corrected chi connectivity index (χ0v) is 15.2. The van der Waals surface area contributed by atoms with Crippen LogP contribution in [0.3, 0.4) is 0 Å². The van der Waals surface area contributed by atoms with Gasteiger partial charge in [0.25, 0.3) is 5.91 Å². The van der Waals surface area contributed by atoms with Crippen LogP contribution in [0.15, 0.2) is 53.0 Å². The van der Waals surface area contributed by atoms with Gasteiger partial charge >= 0.3 is 5.97 Å². The molecule has 0 bridgehead atoms. The molecule has 3 rings (SSSR count). The molecular weight excluding hydrogens is 390 g/mol. The third-order valence-corrected chi connectivity index (χ3v) is 5.02. The summed E-state index contributed by atoms with van der Waals surface area (Å²) in [6.45, 7) is 2.04. The standard InChI is InChI=1S/C18H14BrNO3S/c1-2-23-18(22)15-13-5-3-4-6-14(13)24-17(15)20-16(21)11-7-9-12(19)10-8-11/h3-10H,2H2,1H3,(H,20,21). The van der Waals surface area contributed by atoms with Crippen LogP contribution in [0, 0.1) is 0 Å². The minimum absolute atomic E-state index is 0.264. The van der Waals surface area contributed by atoms with Gasteiger partial charge in [-0.3, -0.25) is 4.79 Å². The predicted octanol–water partition coefficient (Wildman–Crippen LogP) is 5.09. The van der Waals surface area contributed by atoms with Crippen LogP contribution >= 0.6 is 27.3 Å². The predicted molar refractivity (Wildman–Crippen MR) is 99.9 cm³/mol. The summed E-state index contributed by atoms with van der Waals surface area (Å²) < 4.78 is 6.97. The summed E-state index contributed by atoms with van der Waals surface area (Å²) in [4.78, 5) is 24.8. The van der Waals surface area contributed by atoms with Gasteiger partial charge in [0.05, 0.1) is 6.61 Å². The molecule has 0 aliphatic heterocycles. The van der Waals surface area contributed by atoms with E-state index in [2.05, 4.69) is 21.2 Å². The summed E-state index contributed by atoms with van der Waals surface area (Å²) in [7, 11) is 0.